The smallest absolute Gasteiger partial charge is 0.252 e. The number of rotatable bonds is 9. The standard InChI is InChI=1S/C28H30FN5O3S2/c1-18(20-10-12-21(29)13-11-20)31-25(35)24-16-22(34(3)39(4,36)37)14-15-23(24)26-32-33-27(38-26)28(2,30)17-19-8-6-5-7-9-19/h5-16,18H,17,30H2,1-4H3,(H,31,35)/t18-,28-/m1/s1. The van der Waals surface area contributed by atoms with Gasteiger partial charge in [-0.25, -0.2) is 12.8 Å². The summed E-state index contributed by atoms with van der Waals surface area (Å²) in [6, 6.07) is 20.0. The highest BCUT2D eigenvalue weighted by molar-refractivity contribution is 7.92. The van der Waals surface area contributed by atoms with Gasteiger partial charge in [0.25, 0.3) is 5.91 Å². The number of sulfonamides is 1. The van der Waals surface area contributed by atoms with Crippen LogP contribution in [0.3, 0.4) is 0 Å². The first-order chi connectivity index (χ1) is 18.3. The van der Waals surface area contributed by atoms with Gasteiger partial charge in [-0.15, -0.1) is 10.2 Å². The van der Waals surface area contributed by atoms with Crippen LogP contribution in [-0.4, -0.2) is 37.8 Å². The van der Waals surface area contributed by atoms with E-state index in [1.165, 1.54) is 36.6 Å². The zero-order chi connectivity index (χ0) is 28.4. The van der Waals surface area contributed by atoms with E-state index in [0.717, 1.165) is 16.1 Å². The molecule has 0 aliphatic rings. The number of benzene rings is 3. The number of hydrogen-bond donors (Lipinski definition) is 2. The van der Waals surface area contributed by atoms with Crippen LogP contribution >= 0.6 is 11.3 Å². The van der Waals surface area contributed by atoms with Gasteiger partial charge >= 0.3 is 0 Å². The largest absolute Gasteiger partial charge is 0.345 e. The molecule has 1 heterocycles. The molecule has 0 saturated carbocycles. The molecule has 0 fully saturated rings. The Morgan fingerprint density at radius 3 is 2.41 bits per heavy atom. The van der Waals surface area contributed by atoms with E-state index in [4.69, 9.17) is 5.73 Å². The lowest BCUT2D eigenvalue weighted by molar-refractivity contribution is 0.0940. The van der Waals surface area contributed by atoms with Crippen LogP contribution in [0.1, 0.15) is 46.4 Å². The minimum absolute atomic E-state index is 0.224. The van der Waals surface area contributed by atoms with Crippen molar-refractivity contribution in [1.29, 1.82) is 0 Å². The van der Waals surface area contributed by atoms with Gasteiger partial charge in [0.2, 0.25) is 10.0 Å². The van der Waals surface area contributed by atoms with Crippen molar-refractivity contribution in [2.75, 3.05) is 17.6 Å². The van der Waals surface area contributed by atoms with Crippen molar-refractivity contribution < 1.29 is 17.6 Å². The molecule has 3 aromatic carbocycles. The average molecular weight is 568 g/mol. The highest BCUT2D eigenvalue weighted by Gasteiger charge is 2.28. The zero-order valence-electron chi connectivity index (χ0n) is 22.1. The van der Waals surface area contributed by atoms with E-state index in [0.29, 0.717) is 33.3 Å². The first kappa shape index (κ1) is 28.3. The van der Waals surface area contributed by atoms with Crippen LogP contribution in [0.5, 0.6) is 0 Å². The summed E-state index contributed by atoms with van der Waals surface area (Å²) < 4.78 is 38.8. The average Bonchev–Trinajstić information content (AvgIpc) is 3.39. The third-order valence-electron chi connectivity index (χ3n) is 6.38. The van der Waals surface area contributed by atoms with E-state index in [2.05, 4.69) is 15.5 Å². The molecule has 0 aliphatic heterocycles. The second-order valence-electron chi connectivity index (χ2n) is 9.70. The van der Waals surface area contributed by atoms with E-state index >= 15 is 0 Å². The lowest BCUT2D eigenvalue weighted by Crippen LogP contribution is -2.35. The van der Waals surface area contributed by atoms with E-state index in [1.54, 1.807) is 31.2 Å². The Labute approximate surface area is 231 Å². The summed E-state index contributed by atoms with van der Waals surface area (Å²) in [4.78, 5) is 13.5. The van der Waals surface area contributed by atoms with Crippen molar-refractivity contribution in [2.45, 2.75) is 31.8 Å². The number of carbonyl (C=O) groups excluding carboxylic acids is 1. The molecule has 2 atom stereocenters. The molecular formula is C28H30FN5O3S2. The maximum atomic E-state index is 13.5. The highest BCUT2D eigenvalue weighted by Crippen LogP contribution is 2.34. The van der Waals surface area contributed by atoms with Crippen LogP contribution < -0.4 is 15.4 Å². The van der Waals surface area contributed by atoms with Gasteiger partial charge in [0.05, 0.1) is 29.1 Å². The molecule has 0 bridgehead atoms. The summed E-state index contributed by atoms with van der Waals surface area (Å²) in [6.07, 6.45) is 1.63. The van der Waals surface area contributed by atoms with Crippen molar-refractivity contribution in [3.8, 4) is 10.6 Å². The van der Waals surface area contributed by atoms with Gasteiger partial charge in [-0.1, -0.05) is 53.8 Å². The lowest BCUT2D eigenvalue weighted by Gasteiger charge is -2.21. The van der Waals surface area contributed by atoms with Crippen LogP contribution in [0, 0.1) is 5.82 Å². The molecule has 0 spiro atoms. The molecule has 1 amide bonds. The number of halogens is 1. The Kier molecular flexibility index (Phi) is 8.15. The summed E-state index contributed by atoms with van der Waals surface area (Å²) in [5.41, 5.74) is 8.65. The molecule has 0 aliphatic carbocycles. The summed E-state index contributed by atoms with van der Waals surface area (Å²) in [6.45, 7) is 3.66. The minimum Gasteiger partial charge on any atom is -0.345 e. The number of nitrogens with one attached hydrogen (secondary N) is 1. The van der Waals surface area contributed by atoms with Crippen molar-refractivity contribution in [3.63, 3.8) is 0 Å². The molecular weight excluding hydrogens is 537 g/mol. The highest BCUT2D eigenvalue weighted by atomic mass is 32.2. The molecule has 8 nitrogen and oxygen atoms in total. The van der Waals surface area contributed by atoms with Crippen LogP contribution in [0.15, 0.2) is 72.8 Å². The lowest BCUT2D eigenvalue weighted by atomic mass is 9.95. The zero-order valence-corrected chi connectivity index (χ0v) is 23.7. The van der Waals surface area contributed by atoms with E-state index in [1.807, 2.05) is 37.3 Å². The molecule has 4 aromatic rings. The molecule has 39 heavy (non-hydrogen) atoms. The maximum absolute atomic E-state index is 13.5. The summed E-state index contributed by atoms with van der Waals surface area (Å²) in [7, 11) is -2.15. The van der Waals surface area contributed by atoms with E-state index in [-0.39, 0.29) is 11.4 Å². The Balaban J connectivity index is 1.70. The third-order valence-corrected chi connectivity index (χ3v) is 8.83. The Morgan fingerprint density at radius 1 is 1.10 bits per heavy atom. The number of aromatic nitrogens is 2. The SMILES string of the molecule is C[C@@H](NC(=O)c1cc(N(C)S(C)(=O)=O)ccc1-c1nnc([C@](C)(N)Cc2ccccc2)s1)c1ccc(F)cc1. The number of anilines is 1. The fourth-order valence-corrected chi connectivity index (χ4v) is 5.50. The summed E-state index contributed by atoms with van der Waals surface area (Å²) in [5.74, 6) is -0.815. The van der Waals surface area contributed by atoms with Gasteiger partial charge in [0.15, 0.2) is 0 Å². The molecule has 0 unspecified atom stereocenters. The van der Waals surface area contributed by atoms with Crippen molar-refractivity contribution in [2.24, 2.45) is 5.73 Å². The predicted molar refractivity (Wildman–Crippen MR) is 153 cm³/mol. The van der Waals surface area contributed by atoms with Gasteiger partial charge in [0, 0.05) is 12.6 Å². The first-order valence-electron chi connectivity index (χ1n) is 12.2. The molecule has 0 radical (unpaired) electrons. The van der Waals surface area contributed by atoms with E-state index in [9.17, 15) is 17.6 Å². The van der Waals surface area contributed by atoms with Crippen LogP contribution in [0.4, 0.5) is 10.1 Å². The second kappa shape index (κ2) is 11.2. The molecule has 11 heteroatoms. The van der Waals surface area contributed by atoms with Crippen molar-refractivity contribution in [1.82, 2.24) is 15.5 Å². The third kappa shape index (κ3) is 6.67. The molecule has 4 rings (SSSR count). The number of amides is 1. The Bertz CT molecular complexity index is 1570. The Morgan fingerprint density at radius 2 is 1.77 bits per heavy atom. The number of nitrogens with two attached hydrogens (primary N) is 1. The normalized spacial score (nSPS) is 13.9. The van der Waals surface area contributed by atoms with E-state index < -0.39 is 27.5 Å². The second-order valence-corrected chi connectivity index (χ2v) is 12.7. The predicted octanol–water partition coefficient (Wildman–Crippen LogP) is 4.65. The molecule has 3 N–H and O–H groups in total. The van der Waals surface area contributed by atoms with Crippen molar-refractivity contribution in [3.05, 3.63) is 100 Å². The van der Waals surface area contributed by atoms with Gasteiger partial charge in [-0.05, 0) is 61.7 Å². The number of nitrogens with zero attached hydrogens (tertiary/aromatic N) is 3. The quantitative estimate of drug-likeness (QED) is 0.304. The van der Waals surface area contributed by atoms with Crippen molar-refractivity contribution >= 4 is 33.0 Å². The number of hydrogen-bond acceptors (Lipinski definition) is 7. The van der Waals surface area contributed by atoms with Crippen LogP contribution in [-0.2, 0) is 22.0 Å². The van der Waals surface area contributed by atoms with Gasteiger partial charge in [-0.2, -0.15) is 0 Å². The number of carbonyl (C=O) groups is 1. The van der Waals surface area contributed by atoms with Crippen LogP contribution in [0.25, 0.3) is 10.6 Å². The fraction of sp³-hybridized carbons (Fsp3) is 0.250. The first-order valence-corrected chi connectivity index (χ1v) is 14.8. The molecule has 1 aromatic heterocycles. The van der Waals surface area contributed by atoms with Gasteiger partial charge < -0.3 is 11.1 Å². The molecule has 0 saturated heterocycles. The summed E-state index contributed by atoms with van der Waals surface area (Å²) in [5, 5.41) is 12.7. The fourth-order valence-electron chi connectivity index (χ4n) is 4.06. The van der Waals surface area contributed by atoms with Gasteiger partial charge in [0.1, 0.15) is 15.8 Å². The topological polar surface area (TPSA) is 118 Å². The maximum Gasteiger partial charge on any atom is 0.252 e. The summed E-state index contributed by atoms with van der Waals surface area (Å²) >= 11 is 1.28. The van der Waals surface area contributed by atoms with Crippen LogP contribution in [0.2, 0.25) is 0 Å². The Hall–Kier alpha value is -3.67. The molecule has 204 valence electrons. The van der Waals surface area contributed by atoms with Gasteiger partial charge in [-0.3, -0.25) is 9.10 Å². The minimum atomic E-state index is -3.57. The monoisotopic (exact) mass is 567 g/mol.